The van der Waals surface area contributed by atoms with Crippen LogP contribution in [-0.2, 0) is 5.41 Å². The number of nitrogens with zero attached hydrogens (tertiary/aromatic N) is 3. The van der Waals surface area contributed by atoms with Crippen LogP contribution in [0, 0.1) is 6.92 Å². The van der Waals surface area contributed by atoms with Crippen molar-refractivity contribution < 1.29 is 0 Å². The van der Waals surface area contributed by atoms with Gasteiger partial charge >= 0.3 is 0 Å². The summed E-state index contributed by atoms with van der Waals surface area (Å²) in [5.41, 5.74) is 6.85. The van der Waals surface area contributed by atoms with Gasteiger partial charge in [-0.15, -0.1) is 0 Å². The molecule has 0 fully saturated rings. The Balaban J connectivity index is 2.68. The van der Waals surface area contributed by atoms with Gasteiger partial charge in [-0.05, 0) is 33.0 Å². The molecule has 0 atom stereocenters. The zero-order chi connectivity index (χ0) is 16.0. The Morgan fingerprint density at radius 3 is 2.29 bits per heavy atom. The van der Waals surface area contributed by atoms with E-state index in [9.17, 15) is 0 Å². The number of aromatic nitrogens is 2. The van der Waals surface area contributed by atoms with Crippen molar-refractivity contribution in [2.24, 2.45) is 0 Å². The summed E-state index contributed by atoms with van der Waals surface area (Å²) in [4.78, 5) is 11.5. The number of nitrogens with two attached hydrogens (primary N) is 1. The third kappa shape index (κ3) is 5.16. The van der Waals surface area contributed by atoms with Gasteiger partial charge in [0, 0.05) is 17.5 Å². The Kier molecular flexibility index (Phi) is 6.40. The average molecular weight is 293 g/mol. The molecule has 21 heavy (non-hydrogen) atoms. The summed E-state index contributed by atoms with van der Waals surface area (Å²) >= 11 is 0. The van der Waals surface area contributed by atoms with Crippen molar-refractivity contribution in [1.82, 2.24) is 14.9 Å². The average Bonchev–Trinajstić information content (AvgIpc) is 2.42. The second-order valence-corrected chi connectivity index (χ2v) is 6.46. The van der Waals surface area contributed by atoms with Crippen molar-refractivity contribution in [3.63, 3.8) is 0 Å². The maximum absolute atomic E-state index is 6.01. The van der Waals surface area contributed by atoms with Gasteiger partial charge in [0.25, 0.3) is 0 Å². The summed E-state index contributed by atoms with van der Waals surface area (Å²) in [5, 5.41) is 3.41. The first-order chi connectivity index (χ1) is 9.79. The molecule has 5 heteroatoms. The van der Waals surface area contributed by atoms with Crippen LogP contribution in [0.5, 0.6) is 0 Å². The van der Waals surface area contributed by atoms with Crippen LogP contribution in [0.15, 0.2) is 0 Å². The quantitative estimate of drug-likeness (QED) is 0.757. The monoisotopic (exact) mass is 293 g/mol. The second-order valence-electron chi connectivity index (χ2n) is 6.46. The number of hydrogen-bond donors (Lipinski definition) is 2. The van der Waals surface area contributed by atoms with Crippen LogP contribution < -0.4 is 11.1 Å². The van der Waals surface area contributed by atoms with E-state index >= 15 is 0 Å². The largest absolute Gasteiger partial charge is 0.383 e. The Morgan fingerprint density at radius 2 is 1.76 bits per heavy atom. The van der Waals surface area contributed by atoms with Crippen molar-refractivity contribution in [3.05, 3.63) is 11.4 Å². The zero-order valence-electron chi connectivity index (χ0n) is 14.5. The minimum absolute atomic E-state index is 0.0977. The van der Waals surface area contributed by atoms with Gasteiger partial charge in [0.1, 0.15) is 17.5 Å². The molecule has 0 spiro atoms. The Morgan fingerprint density at radius 1 is 1.14 bits per heavy atom. The first-order valence-electron chi connectivity index (χ1n) is 7.90. The van der Waals surface area contributed by atoms with Crippen molar-refractivity contribution in [2.75, 3.05) is 37.2 Å². The fourth-order valence-corrected chi connectivity index (χ4v) is 2.09. The number of anilines is 2. The highest BCUT2D eigenvalue weighted by Crippen LogP contribution is 2.24. The van der Waals surface area contributed by atoms with Gasteiger partial charge < -0.3 is 16.0 Å². The molecule has 0 aliphatic carbocycles. The minimum atomic E-state index is -0.0977. The molecule has 1 rings (SSSR count). The van der Waals surface area contributed by atoms with Crippen LogP contribution in [-0.4, -0.2) is 41.0 Å². The van der Waals surface area contributed by atoms with Gasteiger partial charge in [-0.25, -0.2) is 9.97 Å². The first kappa shape index (κ1) is 17.7. The minimum Gasteiger partial charge on any atom is -0.383 e. The number of hydrogen-bond acceptors (Lipinski definition) is 5. The molecule has 0 bridgehead atoms. The SMILES string of the molecule is CCN(CC)CCCNc1nc(C(C)(C)C)nc(N)c1C. The number of nitrogens with one attached hydrogen (secondary N) is 1. The van der Waals surface area contributed by atoms with E-state index in [0.717, 1.165) is 49.8 Å². The Labute approximate surface area is 129 Å². The Hall–Kier alpha value is -1.36. The van der Waals surface area contributed by atoms with Crippen molar-refractivity contribution in [2.45, 2.75) is 53.4 Å². The molecule has 1 aromatic heterocycles. The van der Waals surface area contributed by atoms with E-state index in [1.165, 1.54) is 0 Å². The lowest BCUT2D eigenvalue weighted by Crippen LogP contribution is -2.26. The molecule has 0 aliphatic heterocycles. The molecule has 0 saturated heterocycles. The van der Waals surface area contributed by atoms with Gasteiger partial charge in [-0.3, -0.25) is 0 Å². The van der Waals surface area contributed by atoms with Gasteiger partial charge in [0.15, 0.2) is 0 Å². The molecule has 0 unspecified atom stereocenters. The van der Waals surface area contributed by atoms with Crippen LogP contribution in [0.3, 0.4) is 0 Å². The predicted octanol–water partition coefficient (Wildman–Crippen LogP) is 2.81. The summed E-state index contributed by atoms with van der Waals surface area (Å²) in [7, 11) is 0. The topological polar surface area (TPSA) is 67.1 Å². The molecule has 0 aliphatic rings. The molecule has 120 valence electrons. The third-order valence-corrected chi connectivity index (χ3v) is 3.69. The van der Waals surface area contributed by atoms with Gasteiger partial charge in [-0.1, -0.05) is 34.6 Å². The normalized spacial score (nSPS) is 12.0. The molecule has 1 aromatic rings. The molecular weight excluding hydrogens is 262 g/mol. The van der Waals surface area contributed by atoms with Crippen LogP contribution in [0.4, 0.5) is 11.6 Å². The van der Waals surface area contributed by atoms with E-state index in [4.69, 9.17) is 5.73 Å². The lowest BCUT2D eigenvalue weighted by Gasteiger charge is -2.21. The van der Waals surface area contributed by atoms with Gasteiger partial charge in [-0.2, -0.15) is 0 Å². The standard InChI is InChI=1S/C16H31N5/c1-7-21(8-2)11-9-10-18-14-12(3)13(17)19-15(20-14)16(4,5)6/h7-11H2,1-6H3,(H3,17,18,19,20). The molecule has 0 amide bonds. The highest BCUT2D eigenvalue weighted by Gasteiger charge is 2.20. The van der Waals surface area contributed by atoms with Crippen molar-refractivity contribution in [3.8, 4) is 0 Å². The number of rotatable bonds is 7. The third-order valence-electron chi connectivity index (χ3n) is 3.69. The summed E-state index contributed by atoms with van der Waals surface area (Å²) in [6, 6.07) is 0. The second kappa shape index (κ2) is 7.59. The van der Waals surface area contributed by atoms with Crippen LogP contribution in [0.1, 0.15) is 52.4 Å². The molecule has 5 nitrogen and oxygen atoms in total. The highest BCUT2D eigenvalue weighted by atomic mass is 15.1. The Bertz CT molecular complexity index is 447. The van der Waals surface area contributed by atoms with Gasteiger partial charge in [0.05, 0.1) is 0 Å². The fraction of sp³-hybridized carbons (Fsp3) is 0.750. The maximum atomic E-state index is 6.01. The maximum Gasteiger partial charge on any atom is 0.138 e. The highest BCUT2D eigenvalue weighted by molar-refractivity contribution is 5.55. The molecule has 3 N–H and O–H groups in total. The number of nitrogen functional groups attached to an aromatic ring is 1. The summed E-state index contributed by atoms with van der Waals surface area (Å²) in [6.07, 6.45) is 1.09. The zero-order valence-corrected chi connectivity index (χ0v) is 14.5. The van der Waals surface area contributed by atoms with Crippen LogP contribution in [0.25, 0.3) is 0 Å². The lowest BCUT2D eigenvalue weighted by molar-refractivity contribution is 0.303. The van der Waals surface area contributed by atoms with Gasteiger partial charge in [0.2, 0.25) is 0 Å². The van der Waals surface area contributed by atoms with Crippen LogP contribution >= 0.6 is 0 Å². The van der Waals surface area contributed by atoms with E-state index in [0.29, 0.717) is 5.82 Å². The molecule has 0 saturated carbocycles. The first-order valence-corrected chi connectivity index (χ1v) is 7.90. The van der Waals surface area contributed by atoms with Crippen LogP contribution in [0.2, 0.25) is 0 Å². The summed E-state index contributed by atoms with van der Waals surface area (Å²) in [6.45, 7) is 16.9. The van der Waals surface area contributed by atoms with Crippen molar-refractivity contribution in [1.29, 1.82) is 0 Å². The summed E-state index contributed by atoms with van der Waals surface area (Å²) in [5.74, 6) is 2.23. The summed E-state index contributed by atoms with van der Waals surface area (Å²) < 4.78 is 0. The predicted molar refractivity (Wildman–Crippen MR) is 90.8 cm³/mol. The van der Waals surface area contributed by atoms with E-state index in [2.05, 4.69) is 54.8 Å². The molecule has 1 heterocycles. The smallest absolute Gasteiger partial charge is 0.138 e. The van der Waals surface area contributed by atoms with E-state index in [-0.39, 0.29) is 5.41 Å². The lowest BCUT2D eigenvalue weighted by atomic mass is 9.95. The molecular formula is C16H31N5. The molecule has 0 radical (unpaired) electrons. The molecule has 0 aromatic carbocycles. The van der Waals surface area contributed by atoms with E-state index in [1.54, 1.807) is 0 Å². The fourth-order valence-electron chi connectivity index (χ4n) is 2.09. The van der Waals surface area contributed by atoms with E-state index in [1.807, 2.05) is 6.92 Å². The van der Waals surface area contributed by atoms with Crippen molar-refractivity contribution >= 4 is 11.6 Å². The van der Waals surface area contributed by atoms with E-state index < -0.39 is 0 Å².